The van der Waals surface area contributed by atoms with Gasteiger partial charge in [0.05, 0.1) is 11.4 Å². The summed E-state index contributed by atoms with van der Waals surface area (Å²) in [5.74, 6) is 10.2. The number of anilines is 2. The Morgan fingerprint density at radius 3 is 2.17 bits per heavy atom. The first-order valence-electron chi connectivity index (χ1n) is 8.36. The maximum absolute atomic E-state index is 5.73. The summed E-state index contributed by atoms with van der Waals surface area (Å²) in [7, 11) is 0. The predicted octanol–water partition coefficient (Wildman–Crippen LogP) is 4.75. The van der Waals surface area contributed by atoms with E-state index in [1.165, 1.54) is 50.9 Å². The van der Waals surface area contributed by atoms with Crippen LogP contribution in [0, 0.1) is 29.6 Å². The Kier molecular flexibility index (Phi) is 8.59. The summed E-state index contributed by atoms with van der Waals surface area (Å²) in [6.07, 6.45) is 9.40. The zero-order valence-electron chi connectivity index (χ0n) is 14.3. The fourth-order valence-corrected chi connectivity index (χ4v) is 3.00. The first-order valence-corrected chi connectivity index (χ1v) is 8.36. The molecule has 0 amide bonds. The molecule has 0 aliphatic heterocycles. The molecule has 3 rings (SSSR count). The molecule has 2 aliphatic rings. The van der Waals surface area contributed by atoms with Crippen molar-refractivity contribution in [3.05, 3.63) is 35.6 Å². The van der Waals surface area contributed by atoms with E-state index in [2.05, 4.69) is 25.7 Å². The van der Waals surface area contributed by atoms with Gasteiger partial charge in [-0.3, -0.25) is 0 Å². The summed E-state index contributed by atoms with van der Waals surface area (Å²) >= 11 is 0. The van der Waals surface area contributed by atoms with Gasteiger partial charge in [-0.05, 0) is 18.2 Å². The molecule has 0 heterocycles. The van der Waals surface area contributed by atoms with Crippen molar-refractivity contribution in [2.45, 2.75) is 58.8 Å². The predicted molar refractivity (Wildman–Crippen MR) is 95.8 cm³/mol. The molecule has 126 valence electrons. The van der Waals surface area contributed by atoms with Crippen molar-refractivity contribution in [1.82, 2.24) is 0 Å². The van der Waals surface area contributed by atoms with E-state index in [0.717, 1.165) is 5.56 Å². The first kappa shape index (κ1) is 19.9. The van der Waals surface area contributed by atoms with E-state index in [4.69, 9.17) is 11.5 Å². The normalized spacial score (nSPS) is 20.9. The fourth-order valence-electron chi connectivity index (χ4n) is 3.00. The van der Waals surface area contributed by atoms with Gasteiger partial charge >= 0.3 is 17.1 Å². The van der Waals surface area contributed by atoms with Gasteiger partial charge in [0, 0.05) is 5.56 Å². The summed E-state index contributed by atoms with van der Waals surface area (Å²) in [4.78, 5) is 0. The standard InChI is InChI=1S/C14H17N2.C6H11.Fe/c1-10-3-2-4-12(10)7-5-11-6-8-13(15)14(16)9-11;1-6-4-2-3-5-6;/h6,8-9,12H,2-4,15-16H2,1H3;2-5H2,1H3;/q2*-1;+2. The van der Waals surface area contributed by atoms with Gasteiger partial charge < -0.3 is 23.3 Å². The maximum atomic E-state index is 5.73. The topological polar surface area (TPSA) is 52.0 Å². The molecular weight excluding hydrogens is 324 g/mol. The smallest absolute Gasteiger partial charge is 0.397 e. The van der Waals surface area contributed by atoms with Crippen LogP contribution in [-0.4, -0.2) is 0 Å². The molecule has 0 bridgehead atoms. The molecule has 2 nitrogen and oxygen atoms in total. The zero-order chi connectivity index (χ0) is 15.9. The van der Waals surface area contributed by atoms with Crippen LogP contribution in [0.25, 0.3) is 0 Å². The van der Waals surface area contributed by atoms with Gasteiger partial charge in [-0.15, -0.1) is 11.8 Å². The van der Waals surface area contributed by atoms with Crippen LogP contribution in [0.2, 0.25) is 0 Å². The number of nitrogen functional groups attached to an aromatic ring is 2. The number of hydrogen-bond acceptors (Lipinski definition) is 2. The van der Waals surface area contributed by atoms with Crippen LogP contribution in [0.5, 0.6) is 0 Å². The van der Waals surface area contributed by atoms with Gasteiger partial charge in [0.15, 0.2) is 0 Å². The van der Waals surface area contributed by atoms with Gasteiger partial charge in [0.2, 0.25) is 0 Å². The molecule has 0 aromatic heterocycles. The largest absolute Gasteiger partial charge is 2.00 e. The Morgan fingerprint density at radius 1 is 1.00 bits per heavy atom. The van der Waals surface area contributed by atoms with Crippen LogP contribution in [0.3, 0.4) is 0 Å². The second-order valence-corrected chi connectivity index (χ2v) is 6.57. The van der Waals surface area contributed by atoms with E-state index in [-0.39, 0.29) is 17.1 Å². The average Bonchev–Trinajstić information content (AvgIpc) is 3.12. The van der Waals surface area contributed by atoms with Gasteiger partial charge in [-0.25, -0.2) is 0 Å². The molecule has 1 atom stereocenters. The number of rotatable bonds is 0. The molecule has 0 spiro atoms. The minimum absolute atomic E-state index is 0. The van der Waals surface area contributed by atoms with Gasteiger partial charge in [-0.2, -0.15) is 33.1 Å². The molecule has 1 aromatic carbocycles. The molecule has 3 heteroatoms. The van der Waals surface area contributed by atoms with E-state index in [9.17, 15) is 0 Å². The molecule has 2 saturated carbocycles. The zero-order valence-corrected chi connectivity index (χ0v) is 15.4. The molecule has 0 radical (unpaired) electrons. The van der Waals surface area contributed by atoms with Crippen molar-refractivity contribution in [2.24, 2.45) is 5.92 Å². The summed E-state index contributed by atoms with van der Waals surface area (Å²) < 4.78 is 0. The van der Waals surface area contributed by atoms with Crippen LogP contribution >= 0.6 is 0 Å². The number of nitrogens with two attached hydrogens (primary N) is 2. The van der Waals surface area contributed by atoms with E-state index < -0.39 is 0 Å². The molecule has 1 aromatic rings. The Hall–Kier alpha value is -1.10. The van der Waals surface area contributed by atoms with E-state index >= 15 is 0 Å². The van der Waals surface area contributed by atoms with Crippen LogP contribution in [0.15, 0.2) is 18.2 Å². The number of benzene rings is 1. The molecule has 0 saturated heterocycles. The quantitative estimate of drug-likeness (QED) is 0.306. The summed E-state index contributed by atoms with van der Waals surface area (Å²) in [5, 5.41) is 0. The second kappa shape index (κ2) is 9.91. The third kappa shape index (κ3) is 6.50. The summed E-state index contributed by atoms with van der Waals surface area (Å²) in [6.45, 7) is 4.46. The minimum atomic E-state index is 0. The molecule has 2 aliphatic carbocycles. The second-order valence-electron chi connectivity index (χ2n) is 6.57. The SMILES string of the molecule is C[C-]1CCCC1.C[C-]1CCCC1C#Cc1ccc(N)c(N)c1.[Fe+2]. The van der Waals surface area contributed by atoms with Crippen LogP contribution in [0.4, 0.5) is 11.4 Å². The van der Waals surface area contributed by atoms with Crippen molar-refractivity contribution < 1.29 is 17.1 Å². The van der Waals surface area contributed by atoms with E-state index in [0.29, 0.717) is 17.3 Å². The molecule has 4 N–H and O–H groups in total. The van der Waals surface area contributed by atoms with Crippen LogP contribution in [0.1, 0.15) is 64.4 Å². The summed E-state index contributed by atoms with van der Waals surface area (Å²) in [5.41, 5.74) is 13.6. The van der Waals surface area contributed by atoms with Gasteiger partial charge in [0.25, 0.3) is 0 Å². The van der Waals surface area contributed by atoms with Crippen LogP contribution in [-0.2, 0) is 17.1 Å². The van der Waals surface area contributed by atoms with Gasteiger partial charge in [-0.1, -0.05) is 31.6 Å². The third-order valence-electron chi connectivity index (χ3n) is 4.59. The number of hydrogen-bond donors (Lipinski definition) is 2. The minimum Gasteiger partial charge on any atom is -0.397 e. The summed E-state index contributed by atoms with van der Waals surface area (Å²) in [6, 6.07) is 5.57. The first-order chi connectivity index (χ1) is 10.6. The monoisotopic (exact) mass is 352 g/mol. The van der Waals surface area contributed by atoms with E-state index in [1.807, 2.05) is 18.2 Å². The Labute approximate surface area is 152 Å². The van der Waals surface area contributed by atoms with Crippen molar-refractivity contribution in [1.29, 1.82) is 0 Å². The molecular formula is C20H28FeN2. The Morgan fingerprint density at radius 2 is 1.70 bits per heavy atom. The molecule has 23 heavy (non-hydrogen) atoms. The maximum Gasteiger partial charge on any atom is 2.00 e. The molecule has 1 unspecified atom stereocenters. The molecule has 2 fully saturated rings. The third-order valence-corrected chi connectivity index (χ3v) is 4.59. The van der Waals surface area contributed by atoms with Crippen molar-refractivity contribution in [3.8, 4) is 11.8 Å². The van der Waals surface area contributed by atoms with Crippen molar-refractivity contribution >= 4 is 11.4 Å². The van der Waals surface area contributed by atoms with E-state index in [1.54, 1.807) is 5.92 Å². The van der Waals surface area contributed by atoms with Crippen molar-refractivity contribution in [2.75, 3.05) is 11.5 Å². The van der Waals surface area contributed by atoms with Crippen LogP contribution < -0.4 is 11.5 Å². The Balaban J connectivity index is 0.000000320. The van der Waals surface area contributed by atoms with Gasteiger partial charge in [0.1, 0.15) is 0 Å². The fraction of sp³-hybridized carbons (Fsp3) is 0.500. The Bertz CT molecular complexity index is 538. The van der Waals surface area contributed by atoms with Crippen molar-refractivity contribution in [3.63, 3.8) is 0 Å². The average molecular weight is 352 g/mol.